The lowest BCUT2D eigenvalue weighted by molar-refractivity contribution is -0.224. The highest BCUT2D eigenvalue weighted by molar-refractivity contribution is 7.18. The fourth-order valence-corrected chi connectivity index (χ4v) is 2.24. The van der Waals surface area contributed by atoms with Crippen LogP contribution in [0.15, 0.2) is 12.2 Å². The number of hydrogen-bond acceptors (Lipinski definition) is 2. The molecule has 72 valence electrons. The Labute approximate surface area is 81.1 Å². The predicted octanol–water partition coefficient (Wildman–Crippen LogP) is 2.03. The summed E-state index contributed by atoms with van der Waals surface area (Å²) in [5, 5.41) is 0. The van der Waals surface area contributed by atoms with Crippen molar-refractivity contribution in [3.05, 3.63) is 12.2 Å². The molecule has 2 nitrogen and oxygen atoms in total. The smallest absolute Gasteiger partial charge is 0.161 e. The third kappa shape index (κ3) is 2.01. The lowest BCUT2D eigenvalue weighted by atomic mass is 10.1. The number of rotatable bonds is 2. The molecule has 1 heterocycles. The third-order valence-electron chi connectivity index (χ3n) is 2.70. The Morgan fingerprint density at radius 3 is 3.15 bits per heavy atom. The van der Waals surface area contributed by atoms with Gasteiger partial charge in [0.2, 0.25) is 0 Å². The van der Waals surface area contributed by atoms with Crippen LogP contribution in [0.4, 0.5) is 0 Å². The van der Waals surface area contributed by atoms with Crippen molar-refractivity contribution >= 4 is 14.7 Å². The van der Waals surface area contributed by atoms with Gasteiger partial charge in [0.25, 0.3) is 0 Å². The minimum absolute atomic E-state index is 0.0513. The van der Waals surface area contributed by atoms with E-state index >= 15 is 0 Å². The van der Waals surface area contributed by atoms with Crippen LogP contribution in [0.2, 0.25) is 0 Å². The van der Waals surface area contributed by atoms with Gasteiger partial charge in [-0.3, -0.25) is 0 Å². The van der Waals surface area contributed by atoms with Gasteiger partial charge in [-0.05, 0) is 12.8 Å². The number of hydrogen-bond donors (Lipinski definition) is 0. The molecule has 0 aromatic carbocycles. The second-order valence-electron chi connectivity index (χ2n) is 3.80. The molecule has 1 saturated heterocycles. The van der Waals surface area contributed by atoms with Gasteiger partial charge in [0, 0.05) is 12.3 Å². The molecule has 0 aromatic rings. The molecule has 1 aliphatic heterocycles. The van der Waals surface area contributed by atoms with Crippen LogP contribution in [-0.4, -0.2) is 24.8 Å². The van der Waals surface area contributed by atoms with Crippen LogP contribution in [0.25, 0.3) is 0 Å². The normalized spacial score (nSPS) is 38.8. The zero-order valence-corrected chi connectivity index (χ0v) is 8.66. The van der Waals surface area contributed by atoms with Gasteiger partial charge in [0.05, 0.1) is 12.7 Å². The Morgan fingerprint density at radius 1 is 1.54 bits per heavy atom. The van der Waals surface area contributed by atoms with Gasteiger partial charge >= 0.3 is 0 Å². The molecule has 2 aliphatic rings. The SMILES string of the molecule is C=C1CC2COC(CC=P)OC2C1. The molecule has 13 heavy (non-hydrogen) atoms. The summed E-state index contributed by atoms with van der Waals surface area (Å²) in [4.78, 5) is 0. The van der Waals surface area contributed by atoms with E-state index in [-0.39, 0.29) is 6.29 Å². The Bertz CT molecular complexity index is 227. The summed E-state index contributed by atoms with van der Waals surface area (Å²) >= 11 is 0. The summed E-state index contributed by atoms with van der Waals surface area (Å²) in [5.41, 5.74) is 1.31. The van der Waals surface area contributed by atoms with E-state index in [0.717, 1.165) is 25.9 Å². The topological polar surface area (TPSA) is 18.5 Å². The first-order chi connectivity index (χ1) is 6.29. The monoisotopic (exact) mass is 198 g/mol. The van der Waals surface area contributed by atoms with Crippen LogP contribution in [0.1, 0.15) is 19.3 Å². The average molecular weight is 198 g/mol. The van der Waals surface area contributed by atoms with Crippen molar-refractivity contribution in [3.8, 4) is 0 Å². The zero-order valence-electron chi connectivity index (χ0n) is 7.66. The van der Waals surface area contributed by atoms with Crippen molar-refractivity contribution in [2.24, 2.45) is 5.92 Å². The second-order valence-corrected chi connectivity index (χ2v) is 4.20. The third-order valence-corrected chi connectivity index (χ3v) is 2.94. The van der Waals surface area contributed by atoms with Crippen molar-refractivity contribution in [2.75, 3.05) is 6.61 Å². The Kier molecular flexibility index (Phi) is 2.83. The largest absolute Gasteiger partial charge is 0.352 e. The van der Waals surface area contributed by atoms with E-state index in [1.54, 1.807) is 0 Å². The lowest BCUT2D eigenvalue weighted by Gasteiger charge is -2.31. The second kappa shape index (κ2) is 3.91. The number of ether oxygens (including phenoxy) is 2. The molecule has 3 heteroatoms. The van der Waals surface area contributed by atoms with Crippen LogP contribution in [0.3, 0.4) is 0 Å². The van der Waals surface area contributed by atoms with Crippen LogP contribution in [0, 0.1) is 5.92 Å². The highest BCUT2D eigenvalue weighted by atomic mass is 31.0. The van der Waals surface area contributed by atoms with Gasteiger partial charge in [-0.2, -0.15) is 0 Å². The number of fused-ring (bicyclic) bond motifs is 1. The summed E-state index contributed by atoms with van der Waals surface area (Å²) in [6.07, 6.45) is 3.22. The molecule has 0 N–H and O–H groups in total. The predicted molar refractivity (Wildman–Crippen MR) is 55.5 cm³/mol. The van der Waals surface area contributed by atoms with Crippen molar-refractivity contribution in [2.45, 2.75) is 31.7 Å². The van der Waals surface area contributed by atoms with Crippen molar-refractivity contribution < 1.29 is 9.47 Å². The molecule has 2 rings (SSSR count). The first kappa shape index (κ1) is 9.39. The van der Waals surface area contributed by atoms with E-state index < -0.39 is 0 Å². The molecule has 0 bridgehead atoms. The van der Waals surface area contributed by atoms with Gasteiger partial charge in [-0.15, -0.1) is 8.86 Å². The molecular weight excluding hydrogens is 183 g/mol. The quantitative estimate of drug-likeness (QED) is 0.499. The van der Waals surface area contributed by atoms with E-state index in [4.69, 9.17) is 9.47 Å². The van der Waals surface area contributed by atoms with Gasteiger partial charge < -0.3 is 9.47 Å². The average Bonchev–Trinajstić information content (AvgIpc) is 2.44. The van der Waals surface area contributed by atoms with Gasteiger partial charge in [0.15, 0.2) is 6.29 Å². The molecule has 1 aliphatic carbocycles. The summed E-state index contributed by atoms with van der Waals surface area (Å²) in [5.74, 6) is 2.45. The molecule has 3 atom stereocenters. The molecule has 0 aromatic heterocycles. The minimum Gasteiger partial charge on any atom is -0.352 e. The van der Waals surface area contributed by atoms with Gasteiger partial charge in [-0.1, -0.05) is 17.9 Å². The molecule has 0 amide bonds. The fraction of sp³-hybridized carbons (Fsp3) is 0.700. The maximum absolute atomic E-state index is 5.78. The summed E-state index contributed by atoms with van der Waals surface area (Å²) in [7, 11) is 3.31. The summed E-state index contributed by atoms with van der Waals surface area (Å²) in [6, 6.07) is 0. The molecule has 1 saturated carbocycles. The first-order valence-corrected chi connectivity index (χ1v) is 5.30. The molecule has 0 radical (unpaired) electrons. The minimum atomic E-state index is -0.0513. The van der Waals surface area contributed by atoms with Gasteiger partial charge in [0.1, 0.15) is 0 Å². The zero-order chi connectivity index (χ0) is 9.26. The van der Waals surface area contributed by atoms with Crippen molar-refractivity contribution in [1.29, 1.82) is 0 Å². The highest BCUT2D eigenvalue weighted by Crippen LogP contribution is 2.36. The maximum atomic E-state index is 5.78. The lowest BCUT2D eigenvalue weighted by Crippen LogP contribution is -2.36. The Hall–Kier alpha value is -0.170. The van der Waals surface area contributed by atoms with Crippen LogP contribution < -0.4 is 0 Å². The van der Waals surface area contributed by atoms with Crippen LogP contribution >= 0.6 is 8.86 Å². The van der Waals surface area contributed by atoms with Crippen LogP contribution in [0.5, 0.6) is 0 Å². The van der Waals surface area contributed by atoms with E-state index in [2.05, 4.69) is 15.4 Å². The van der Waals surface area contributed by atoms with E-state index in [1.807, 2.05) is 5.80 Å². The summed E-state index contributed by atoms with van der Waals surface area (Å²) in [6.45, 7) is 4.82. The van der Waals surface area contributed by atoms with E-state index in [1.165, 1.54) is 5.57 Å². The molecular formula is C10H15O2P. The maximum Gasteiger partial charge on any atom is 0.161 e. The molecule has 0 spiro atoms. The molecule has 2 fully saturated rings. The molecule has 3 unspecified atom stereocenters. The highest BCUT2D eigenvalue weighted by Gasteiger charge is 2.36. The fourth-order valence-electron chi connectivity index (χ4n) is 2.05. The van der Waals surface area contributed by atoms with Crippen molar-refractivity contribution in [1.82, 2.24) is 0 Å². The first-order valence-electron chi connectivity index (χ1n) is 4.72. The van der Waals surface area contributed by atoms with Crippen molar-refractivity contribution in [3.63, 3.8) is 0 Å². The van der Waals surface area contributed by atoms with Gasteiger partial charge in [-0.25, -0.2) is 0 Å². The Morgan fingerprint density at radius 2 is 2.38 bits per heavy atom. The standard InChI is InChI=1S/C10H15O2P/c1-7-4-8-6-11-10(2-3-13)12-9(8)5-7/h3,8-10,13H,1-2,4-6H2. The van der Waals surface area contributed by atoms with E-state index in [0.29, 0.717) is 12.0 Å². The Balaban J connectivity index is 1.93. The van der Waals surface area contributed by atoms with Crippen LogP contribution in [-0.2, 0) is 9.47 Å². The summed E-state index contributed by atoms with van der Waals surface area (Å²) < 4.78 is 11.3. The van der Waals surface area contributed by atoms with E-state index in [9.17, 15) is 0 Å².